The molecule has 0 aliphatic heterocycles. The van der Waals surface area contributed by atoms with Gasteiger partial charge >= 0.3 is 49.6 Å². The quantitative estimate of drug-likeness (QED) is 0.313. The van der Waals surface area contributed by atoms with Gasteiger partial charge in [-0.05, 0) is 36.4 Å². The molecule has 0 spiro atoms. The molecule has 0 aliphatic rings. The molecule has 22 heavy (non-hydrogen) atoms. The van der Waals surface area contributed by atoms with Crippen molar-refractivity contribution in [2.45, 2.75) is 0 Å². The summed E-state index contributed by atoms with van der Waals surface area (Å²) in [6.45, 7) is 0. The number of rotatable bonds is 2. The molecule has 0 aliphatic carbocycles. The summed E-state index contributed by atoms with van der Waals surface area (Å²) in [7, 11) is 20.1. The number of hydrogen-bond acceptors (Lipinski definition) is 2. The van der Waals surface area contributed by atoms with E-state index in [0.717, 1.165) is 0 Å². The van der Waals surface area contributed by atoms with Crippen molar-refractivity contribution in [3.63, 3.8) is 0 Å². The Morgan fingerprint density at radius 3 is 1.68 bits per heavy atom. The van der Waals surface area contributed by atoms with Crippen LogP contribution in [0, 0.1) is 0 Å². The van der Waals surface area contributed by atoms with E-state index in [1.807, 2.05) is 0 Å². The monoisotopic (exact) mass is 547 g/mol. The van der Waals surface area contributed by atoms with Crippen molar-refractivity contribution in [2.24, 2.45) is 0 Å². The zero-order chi connectivity index (χ0) is 16.9. The molecule has 0 saturated carbocycles. The van der Waals surface area contributed by atoms with Gasteiger partial charge in [0, 0.05) is 10.7 Å². The van der Waals surface area contributed by atoms with E-state index in [0.29, 0.717) is 32.3 Å². The predicted molar refractivity (Wildman–Crippen MR) is 102 cm³/mol. The summed E-state index contributed by atoms with van der Waals surface area (Å²) in [5, 5.41) is 1.40. The fourth-order valence-corrected chi connectivity index (χ4v) is 1.95. The van der Waals surface area contributed by atoms with Crippen molar-refractivity contribution in [1.82, 2.24) is 0 Å². The fourth-order valence-electron chi connectivity index (χ4n) is 1.28. The van der Waals surface area contributed by atoms with Crippen LogP contribution >= 0.6 is 70.5 Å². The fraction of sp³-hybridized carbons (Fsp3) is 0. The van der Waals surface area contributed by atoms with Crippen molar-refractivity contribution in [1.29, 1.82) is 0 Å². The Balaban J connectivity index is 0.000000422. The molecule has 2 N–H and O–H groups in total. The van der Waals surface area contributed by atoms with Crippen LogP contribution in [0.5, 0.6) is 11.5 Å². The van der Waals surface area contributed by atoms with Gasteiger partial charge in [-0.2, -0.15) is 0 Å². The van der Waals surface area contributed by atoms with Crippen LogP contribution in [0.1, 0.15) is 0 Å². The summed E-state index contributed by atoms with van der Waals surface area (Å²) in [5.74, 6) is 0.979. The van der Waals surface area contributed by atoms with Crippen LogP contribution in [0.2, 0.25) is 15.1 Å². The average molecular weight is 549 g/mol. The third-order valence-corrected chi connectivity index (χ3v) is 2.90. The topological polar surface area (TPSA) is 35.2 Å². The van der Waals surface area contributed by atoms with E-state index in [1.165, 1.54) is 0 Å². The second-order valence-corrected chi connectivity index (χ2v) is 30.5. The summed E-state index contributed by atoms with van der Waals surface area (Å²) in [4.78, 5) is 0. The third-order valence-electron chi connectivity index (χ3n) is 2.07. The average Bonchev–Trinajstić information content (AvgIpc) is 2.33. The maximum atomic E-state index is 5.99. The van der Waals surface area contributed by atoms with Gasteiger partial charge < -0.3 is 10.5 Å². The molecule has 2 aromatic rings. The van der Waals surface area contributed by atoms with Crippen LogP contribution in [0.4, 0.5) is 5.69 Å². The summed E-state index contributed by atoms with van der Waals surface area (Å²) in [6.07, 6.45) is 0. The molecule has 0 unspecified atom stereocenters. The Hall–Kier alpha value is 0.869. The molecule has 10 heteroatoms. The van der Waals surface area contributed by atoms with Crippen LogP contribution in [0.3, 0.4) is 0 Å². The molecule has 120 valence electrons. The van der Waals surface area contributed by atoms with Gasteiger partial charge in [-0.15, -0.1) is 0 Å². The molecular formula is C12H8Cl7NOSn. The van der Waals surface area contributed by atoms with Crippen LogP contribution < -0.4 is 10.5 Å². The van der Waals surface area contributed by atoms with Crippen molar-refractivity contribution < 1.29 is 4.74 Å². The Bertz CT molecular complexity index is 592. The van der Waals surface area contributed by atoms with E-state index >= 15 is 0 Å². The minimum absolute atomic E-state index is 0.422. The Kier molecular flexibility index (Phi) is 8.91. The van der Waals surface area contributed by atoms with Crippen molar-refractivity contribution in [3.8, 4) is 11.5 Å². The first-order valence-corrected chi connectivity index (χ1v) is 21.1. The summed E-state index contributed by atoms with van der Waals surface area (Å²) < 4.78 is 5.57. The normalized spacial score (nSPS) is 10.7. The van der Waals surface area contributed by atoms with E-state index in [1.54, 1.807) is 36.4 Å². The molecule has 0 aromatic heterocycles. The van der Waals surface area contributed by atoms with Crippen LogP contribution in [-0.4, -0.2) is 13.9 Å². The molecule has 0 heterocycles. The molecular weight excluding hydrogens is 541 g/mol. The molecule has 2 rings (SSSR count). The Morgan fingerprint density at radius 1 is 0.773 bits per heavy atom. The molecule has 0 saturated heterocycles. The first-order valence-electron chi connectivity index (χ1n) is 5.50. The Labute approximate surface area is 162 Å². The molecule has 0 radical (unpaired) electrons. The molecule has 0 amide bonds. The molecule has 2 nitrogen and oxygen atoms in total. The number of nitrogens with two attached hydrogens (primary N) is 1. The van der Waals surface area contributed by atoms with Crippen LogP contribution in [0.25, 0.3) is 0 Å². The van der Waals surface area contributed by atoms with Gasteiger partial charge in [0.05, 0.1) is 10.0 Å². The van der Waals surface area contributed by atoms with Gasteiger partial charge in [0.2, 0.25) is 0 Å². The van der Waals surface area contributed by atoms with Crippen molar-refractivity contribution in [2.75, 3.05) is 5.73 Å². The standard InChI is InChI=1S/C12H8Cl3NO.4ClH.Sn/c13-7-1-3-11(9(14)5-7)17-12-4-2-8(16)6-10(12)15;;;;;/h1-6H,16H2;4*1H;/q;;;;;+4/p-4. The summed E-state index contributed by atoms with van der Waals surface area (Å²) >= 11 is 14.5. The van der Waals surface area contributed by atoms with E-state index in [4.69, 9.17) is 81.0 Å². The van der Waals surface area contributed by atoms with E-state index in [2.05, 4.69) is 0 Å². The number of benzene rings is 2. The first-order chi connectivity index (χ1) is 10.1. The summed E-state index contributed by atoms with van der Waals surface area (Å²) in [5.41, 5.74) is 6.16. The van der Waals surface area contributed by atoms with Crippen molar-refractivity contribution in [3.05, 3.63) is 51.5 Å². The van der Waals surface area contributed by atoms with Gasteiger partial charge in [0.15, 0.2) is 0 Å². The van der Waals surface area contributed by atoms with E-state index in [-0.39, 0.29) is 0 Å². The van der Waals surface area contributed by atoms with Crippen molar-refractivity contribution >= 4 is 90.0 Å². The summed E-state index contributed by atoms with van der Waals surface area (Å²) in [6, 6.07) is 9.96. The number of nitrogen functional groups attached to an aromatic ring is 1. The third kappa shape index (κ3) is 8.65. The molecule has 0 atom stereocenters. The predicted octanol–water partition coefficient (Wildman–Crippen LogP) is 7.40. The number of hydrogen-bond donors (Lipinski definition) is 1. The second kappa shape index (κ2) is 9.38. The van der Waals surface area contributed by atoms with Gasteiger partial charge in [0.1, 0.15) is 11.5 Å². The van der Waals surface area contributed by atoms with E-state index in [9.17, 15) is 0 Å². The maximum absolute atomic E-state index is 5.99. The van der Waals surface area contributed by atoms with Crippen LogP contribution in [-0.2, 0) is 0 Å². The van der Waals surface area contributed by atoms with E-state index < -0.39 is 13.9 Å². The number of ether oxygens (including phenoxy) is 1. The molecule has 0 fully saturated rings. The zero-order valence-electron chi connectivity index (χ0n) is 10.6. The van der Waals surface area contributed by atoms with Gasteiger partial charge in [-0.1, -0.05) is 34.8 Å². The minimum atomic E-state index is -3.29. The zero-order valence-corrected chi connectivity index (χ0v) is 18.7. The van der Waals surface area contributed by atoms with Gasteiger partial charge in [-0.3, -0.25) is 0 Å². The number of anilines is 1. The second-order valence-electron chi connectivity index (χ2n) is 3.80. The SMILES string of the molecule is Nc1ccc(Oc2ccc(Cl)cc2Cl)c(Cl)c1.[Cl][Sn]([Cl])([Cl])[Cl]. The Morgan fingerprint density at radius 2 is 1.23 bits per heavy atom. The van der Waals surface area contributed by atoms with Crippen LogP contribution in [0.15, 0.2) is 36.4 Å². The van der Waals surface area contributed by atoms with Gasteiger partial charge in [0.25, 0.3) is 0 Å². The number of halogens is 7. The molecule has 2 aromatic carbocycles. The molecule has 0 bridgehead atoms. The van der Waals surface area contributed by atoms with Gasteiger partial charge in [-0.25, -0.2) is 0 Å². The first kappa shape index (κ1) is 20.9.